The standard InChI is InChI=1S/C17H18Br2N2O4S2/c1-13-12-20(26(22,23)16-6-2-14(18)3-7-16)10-11-21(13)27(24,25)17-8-4-15(19)5-9-17/h2-9,13H,10-12H2,1H3. The van der Waals surface area contributed by atoms with E-state index in [1.807, 2.05) is 0 Å². The Balaban J connectivity index is 1.81. The number of sulfonamides is 2. The zero-order chi connectivity index (χ0) is 19.8. The van der Waals surface area contributed by atoms with Crippen LogP contribution in [0.15, 0.2) is 67.3 Å². The second-order valence-electron chi connectivity index (χ2n) is 6.24. The molecule has 0 aliphatic carbocycles. The van der Waals surface area contributed by atoms with Gasteiger partial charge in [-0.1, -0.05) is 31.9 Å². The highest BCUT2D eigenvalue weighted by Gasteiger charge is 2.38. The lowest BCUT2D eigenvalue weighted by atomic mass is 10.3. The fourth-order valence-corrected chi connectivity index (χ4v) is 6.63. The zero-order valence-electron chi connectivity index (χ0n) is 14.4. The molecule has 0 bridgehead atoms. The number of hydrogen-bond acceptors (Lipinski definition) is 4. The topological polar surface area (TPSA) is 74.8 Å². The van der Waals surface area contributed by atoms with E-state index >= 15 is 0 Å². The molecule has 10 heteroatoms. The van der Waals surface area contributed by atoms with Crippen LogP contribution in [-0.4, -0.2) is 51.1 Å². The number of benzene rings is 2. The molecule has 1 aliphatic rings. The van der Waals surface area contributed by atoms with E-state index in [9.17, 15) is 16.8 Å². The molecule has 0 aromatic heterocycles. The highest BCUT2D eigenvalue weighted by Crippen LogP contribution is 2.26. The van der Waals surface area contributed by atoms with E-state index in [1.54, 1.807) is 31.2 Å². The number of rotatable bonds is 4. The monoisotopic (exact) mass is 536 g/mol. The summed E-state index contributed by atoms with van der Waals surface area (Å²) in [6.45, 7) is 2.04. The summed E-state index contributed by atoms with van der Waals surface area (Å²) < 4.78 is 55.8. The van der Waals surface area contributed by atoms with Crippen LogP contribution in [0.5, 0.6) is 0 Å². The van der Waals surface area contributed by atoms with Gasteiger partial charge in [-0.25, -0.2) is 16.8 Å². The van der Waals surface area contributed by atoms with Crippen molar-refractivity contribution in [2.75, 3.05) is 19.6 Å². The first-order chi connectivity index (χ1) is 12.6. The molecule has 0 amide bonds. The Hall–Kier alpha value is -0.780. The quantitative estimate of drug-likeness (QED) is 0.599. The predicted molar refractivity (Wildman–Crippen MR) is 110 cm³/mol. The maximum Gasteiger partial charge on any atom is 0.243 e. The van der Waals surface area contributed by atoms with Crippen LogP contribution < -0.4 is 0 Å². The van der Waals surface area contributed by atoms with Crippen molar-refractivity contribution < 1.29 is 16.8 Å². The summed E-state index contributed by atoms with van der Waals surface area (Å²) in [6, 6.07) is 12.4. The van der Waals surface area contributed by atoms with Gasteiger partial charge in [0.05, 0.1) is 9.79 Å². The van der Waals surface area contributed by atoms with Crippen molar-refractivity contribution in [1.82, 2.24) is 8.61 Å². The maximum absolute atomic E-state index is 12.9. The third kappa shape index (κ3) is 4.30. The molecule has 0 spiro atoms. The van der Waals surface area contributed by atoms with Crippen molar-refractivity contribution in [3.8, 4) is 0 Å². The number of hydrogen-bond donors (Lipinski definition) is 0. The lowest BCUT2D eigenvalue weighted by Crippen LogP contribution is -2.55. The molecule has 0 radical (unpaired) electrons. The van der Waals surface area contributed by atoms with Crippen LogP contribution in [0.3, 0.4) is 0 Å². The van der Waals surface area contributed by atoms with Gasteiger partial charge in [-0.2, -0.15) is 8.61 Å². The first-order valence-corrected chi connectivity index (χ1v) is 12.6. The molecule has 2 aromatic carbocycles. The van der Waals surface area contributed by atoms with Crippen molar-refractivity contribution in [1.29, 1.82) is 0 Å². The molecule has 1 unspecified atom stereocenters. The fraction of sp³-hybridized carbons (Fsp3) is 0.294. The van der Waals surface area contributed by atoms with Crippen LogP contribution in [0.2, 0.25) is 0 Å². The Bertz CT molecular complexity index is 1020. The lowest BCUT2D eigenvalue weighted by Gasteiger charge is -2.38. The van der Waals surface area contributed by atoms with Crippen LogP contribution in [0.25, 0.3) is 0 Å². The second kappa shape index (κ2) is 7.92. The zero-order valence-corrected chi connectivity index (χ0v) is 19.2. The molecule has 1 fully saturated rings. The molecule has 1 heterocycles. The molecule has 6 nitrogen and oxygen atoms in total. The van der Waals surface area contributed by atoms with Gasteiger partial charge < -0.3 is 0 Å². The average molecular weight is 538 g/mol. The molecular weight excluding hydrogens is 520 g/mol. The summed E-state index contributed by atoms with van der Waals surface area (Å²) in [5.41, 5.74) is 0. The van der Waals surface area contributed by atoms with Gasteiger partial charge in [0.1, 0.15) is 0 Å². The lowest BCUT2D eigenvalue weighted by molar-refractivity contribution is 0.212. The second-order valence-corrected chi connectivity index (χ2v) is 11.9. The Kier molecular flexibility index (Phi) is 6.14. The minimum Gasteiger partial charge on any atom is -0.207 e. The van der Waals surface area contributed by atoms with Gasteiger partial charge in [0.15, 0.2) is 0 Å². The van der Waals surface area contributed by atoms with Crippen molar-refractivity contribution in [2.45, 2.75) is 22.8 Å². The summed E-state index contributed by atoms with van der Waals surface area (Å²) in [7, 11) is -7.35. The maximum atomic E-state index is 12.9. The summed E-state index contributed by atoms with van der Waals surface area (Å²) in [5.74, 6) is 0. The summed E-state index contributed by atoms with van der Waals surface area (Å²) in [6.07, 6.45) is 0. The molecule has 3 rings (SSSR count). The van der Waals surface area contributed by atoms with Gasteiger partial charge in [0, 0.05) is 34.6 Å². The first kappa shape index (κ1) is 20.9. The summed E-state index contributed by atoms with van der Waals surface area (Å²) in [5, 5.41) is 0. The molecule has 27 heavy (non-hydrogen) atoms. The van der Waals surface area contributed by atoms with Crippen LogP contribution in [-0.2, 0) is 20.0 Å². The molecule has 1 aliphatic heterocycles. The van der Waals surface area contributed by atoms with Crippen molar-refractivity contribution in [3.63, 3.8) is 0 Å². The van der Waals surface area contributed by atoms with E-state index in [1.165, 1.54) is 32.9 Å². The van der Waals surface area contributed by atoms with E-state index in [0.717, 1.165) is 8.95 Å². The highest BCUT2D eigenvalue weighted by molar-refractivity contribution is 9.10. The van der Waals surface area contributed by atoms with E-state index in [0.29, 0.717) is 0 Å². The van der Waals surface area contributed by atoms with Gasteiger partial charge in [-0.15, -0.1) is 0 Å². The Labute approximate surface area is 176 Å². The largest absolute Gasteiger partial charge is 0.243 e. The van der Waals surface area contributed by atoms with Gasteiger partial charge in [-0.3, -0.25) is 0 Å². The molecule has 0 saturated carbocycles. The molecular formula is C17H18Br2N2O4S2. The molecule has 0 N–H and O–H groups in total. The van der Waals surface area contributed by atoms with Crippen LogP contribution in [0, 0.1) is 0 Å². The van der Waals surface area contributed by atoms with Gasteiger partial charge in [-0.05, 0) is 55.5 Å². The number of halogens is 2. The minimum atomic E-state index is -3.68. The smallest absolute Gasteiger partial charge is 0.207 e. The fourth-order valence-electron chi connectivity index (χ4n) is 2.98. The van der Waals surface area contributed by atoms with Crippen LogP contribution >= 0.6 is 31.9 Å². The van der Waals surface area contributed by atoms with E-state index in [-0.39, 0.29) is 29.4 Å². The summed E-state index contributed by atoms with van der Waals surface area (Å²) in [4.78, 5) is 0.392. The molecule has 1 saturated heterocycles. The Morgan fingerprint density at radius 1 is 0.778 bits per heavy atom. The summed E-state index contributed by atoms with van der Waals surface area (Å²) >= 11 is 6.58. The van der Waals surface area contributed by atoms with Gasteiger partial charge in [0.2, 0.25) is 20.0 Å². The van der Waals surface area contributed by atoms with Crippen molar-refractivity contribution in [2.24, 2.45) is 0 Å². The van der Waals surface area contributed by atoms with E-state index < -0.39 is 26.1 Å². The van der Waals surface area contributed by atoms with Crippen LogP contribution in [0.4, 0.5) is 0 Å². The Morgan fingerprint density at radius 3 is 1.67 bits per heavy atom. The van der Waals surface area contributed by atoms with Gasteiger partial charge in [0.25, 0.3) is 0 Å². The molecule has 2 aromatic rings. The van der Waals surface area contributed by atoms with E-state index in [2.05, 4.69) is 31.9 Å². The molecule has 1 atom stereocenters. The van der Waals surface area contributed by atoms with Crippen molar-refractivity contribution >= 4 is 51.9 Å². The third-order valence-corrected chi connectivity index (χ3v) is 9.37. The van der Waals surface area contributed by atoms with E-state index in [4.69, 9.17) is 0 Å². The number of nitrogens with zero attached hydrogens (tertiary/aromatic N) is 2. The predicted octanol–water partition coefficient (Wildman–Crippen LogP) is 3.30. The van der Waals surface area contributed by atoms with Gasteiger partial charge >= 0.3 is 0 Å². The van der Waals surface area contributed by atoms with Crippen LogP contribution in [0.1, 0.15) is 6.92 Å². The molecule has 146 valence electrons. The first-order valence-electron chi connectivity index (χ1n) is 8.15. The SMILES string of the molecule is CC1CN(S(=O)(=O)c2ccc(Br)cc2)CCN1S(=O)(=O)c1ccc(Br)cc1. The highest BCUT2D eigenvalue weighted by atomic mass is 79.9. The van der Waals surface area contributed by atoms with Crippen molar-refractivity contribution in [3.05, 3.63) is 57.5 Å². The normalized spacial score (nSPS) is 19.9. The Morgan fingerprint density at radius 2 is 1.22 bits per heavy atom. The third-order valence-electron chi connectivity index (χ3n) is 4.40. The minimum absolute atomic E-state index is 0.105. The number of piperazine rings is 1. The average Bonchev–Trinajstić information content (AvgIpc) is 2.62.